The number of rotatable bonds is 3. The van der Waals surface area contributed by atoms with E-state index < -0.39 is 0 Å². The molecule has 0 bridgehead atoms. The van der Waals surface area contributed by atoms with Gasteiger partial charge < -0.3 is 16.0 Å². The summed E-state index contributed by atoms with van der Waals surface area (Å²) in [5.74, 6) is 1.25. The first-order valence-electron chi connectivity index (χ1n) is 6.71. The Kier molecular flexibility index (Phi) is 5.45. The number of thioether (sulfide) groups is 1. The molecule has 5 heteroatoms. The number of hydrogen-bond donors (Lipinski definition) is 3. The summed E-state index contributed by atoms with van der Waals surface area (Å²) in [4.78, 5) is 11.7. The van der Waals surface area contributed by atoms with E-state index in [1.807, 2.05) is 11.8 Å². The van der Waals surface area contributed by atoms with Gasteiger partial charge in [0.2, 0.25) is 0 Å². The maximum absolute atomic E-state index is 11.7. The fourth-order valence-corrected chi connectivity index (χ4v) is 3.63. The first-order valence-corrected chi connectivity index (χ1v) is 7.76. The first-order chi connectivity index (χ1) is 8.34. The summed E-state index contributed by atoms with van der Waals surface area (Å²) in [6, 6.07) is 0.313. The molecule has 4 nitrogen and oxygen atoms in total. The molecule has 0 saturated carbocycles. The number of carbonyl (C=O) groups excluding carboxylic acids is 1. The fraction of sp³-hybridized carbons (Fsp3) is 0.917. The van der Waals surface area contributed by atoms with Crippen LogP contribution in [0.4, 0.5) is 4.79 Å². The van der Waals surface area contributed by atoms with Crippen molar-refractivity contribution in [2.24, 2.45) is 0 Å². The minimum absolute atomic E-state index is 0.00451. The molecule has 0 spiro atoms. The molecule has 2 saturated heterocycles. The number of urea groups is 1. The SMILES string of the molecule is O=C(NCC1CCCCS1)NC1CCCNC1. The second kappa shape index (κ2) is 7.11. The van der Waals surface area contributed by atoms with E-state index in [2.05, 4.69) is 16.0 Å². The largest absolute Gasteiger partial charge is 0.337 e. The van der Waals surface area contributed by atoms with Crippen molar-refractivity contribution in [3.8, 4) is 0 Å². The van der Waals surface area contributed by atoms with Crippen LogP contribution in [-0.4, -0.2) is 42.7 Å². The lowest BCUT2D eigenvalue weighted by molar-refractivity contribution is 0.233. The molecule has 2 fully saturated rings. The topological polar surface area (TPSA) is 53.2 Å². The Balaban J connectivity index is 1.59. The predicted molar refractivity (Wildman–Crippen MR) is 72.5 cm³/mol. The lowest BCUT2D eigenvalue weighted by atomic mass is 10.1. The molecule has 0 aliphatic carbocycles. The third-order valence-electron chi connectivity index (χ3n) is 3.40. The van der Waals surface area contributed by atoms with Gasteiger partial charge in [0.1, 0.15) is 0 Å². The average molecular weight is 257 g/mol. The zero-order valence-electron chi connectivity index (χ0n) is 10.3. The molecule has 2 heterocycles. The van der Waals surface area contributed by atoms with E-state index in [4.69, 9.17) is 0 Å². The zero-order valence-corrected chi connectivity index (χ0v) is 11.2. The summed E-state index contributed by atoms with van der Waals surface area (Å²) in [5.41, 5.74) is 0. The van der Waals surface area contributed by atoms with E-state index in [0.29, 0.717) is 11.3 Å². The van der Waals surface area contributed by atoms with Crippen LogP contribution in [-0.2, 0) is 0 Å². The first kappa shape index (κ1) is 13.0. The van der Waals surface area contributed by atoms with Crippen LogP contribution in [0.2, 0.25) is 0 Å². The van der Waals surface area contributed by atoms with Crippen molar-refractivity contribution in [2.75, 3.05) is 25.4 Å². The monoisotopic (exact) mass is 257 g/mol. The van der Waals surface area contributed by atoms with E-state index in [-0.39, 0.29) is 6.03 Å². The van der Waals surface area contributed by atoms with Crippen LogP contribution in [0.1, 0.15) is 32.1 Å². The molecule has 0 aromatic rings. The number of piperidine rings is 1. The second-order valence-electron chi connectivity index (χ2n) is 4.89. The van der Waals surface area contributed by atoms with Crippen molar-refractivity contribution in [2.45, 2.75) is 43.4 Å². The molecule has 0 radical (unpaired) electrons. The highest BCUT2D eigenvalue weighted by molar-refractivity contribution is 7.99. The zero-order chi connectivity index (χ0) is 11.9. The van der Waals surface area contributed by atoms with Crippen LogP contribution in [0, 0.1) is 0 Å². The van der Waals surface area contributed by atoms with Crippen LogP contribution in [0.5, 0.6) is 0 Å². The fourth-order valence-electron chi connectivity index (χ4n) is 2.39. The summed E-state index contributed by atoms with van der Waals surface area (Å²) in [7, 11) is 0. The molecular formula is C12H23N3OS. The minimum Gasteiger partial charge on any atom is -0.337 e. The number of carbonyl (C=O) groups is 1. The molecule has 2 rings (SSSR count). The molecule has 3 N–H and O–H groups in total. The lowest BCUT2D eigenvalue weighted by Crippen LogP contribution is -2.50. The third kappa shape index (κ3) is 4.76. The highest BCUT2D eigenvalue weighted by atomic mass is 32.2. The standard InChI is InChI=1S/C12H23N3OS/c16-12(15-10-4-3-6-13-8-10)14-9-11-5-1-2-7-17-11/h10-11,13H,1-9H2,(H2,14,15,16). The summed E-state index contributed by atoms with van der Waals surface area (Å²) in [5, 5.41) is 9.96. The van der Waals surface area contributed by atoms with Crippen LogP contribution < -0.4 is 16.0 Å². The molecule has 98 valence electrons. The Morgan fingerprint density at radius 2 is 2.24 bits per heavy atom. The summed E-state index contributed by atoms with van der Waals surface area (Å²) in [6.45, 7) is 2.81. The molecule has 0 aromatic heterocycles. The Morgan fingerprint density at radius 3 is 2.94 bits per heavy atom. The maximum Gasteiger partial charge on any atom is 0.315 e. The average Bonchev–Trinajstić information content (AvgIpc) is 2.39. The summed E-state index contributed by atoms with van der Waals surface area (Å²) < 4.78 is 0. The predicted octanol–water partition coefficient (Wildman–Crippen LogP) is 1.32. The van der Waals surface area contributed by atoms with Gasteiger partial charge in [0.25, 0.3) is 0 Å². The normalized spacial score (nSPS) is 29.6. The molecule has 2 amide bonds. The van der Waals surface area contributed by atoms with E-state index in [9.17, 15) is 4.79 Å². The Labute approximate surface area is 108 Å². The molecule has 17 heavy (non-hydrogen) atoms. The van der Waals surface area contributed by atoms with E-state index in [1.165, 1.54) is 25.0 Å². The van der Waals surface area contributed by atoms with E-state index in [0.717, 1.165) is 32.5 Å². The van der Waals surface area contributed by atoms with E-state index >= 15 is 0 Å². The highest BCUT2D eigenvalue weighted by Gasteiger charge is 2.17. The van der Waals surface area contributed by atoms with Crippen LogP contribution >= 0.6 is 11.8 Å². The van der Waals surface area contributed by atoms with E-state index in [1.54, 1.807) is 0 Å². The number of hydrogen-bond acceptors (Lipinski definition) is 3. The van der Waals surface area contributed by atoms with Gasteiger partial charge in [0.15, 0.2) is 0 Å². The molecule has 0 aromatic carbocycles. The van der Waals surface area contributed by atoms with Gasteiger partial charge in [0, 0.05) is 24.4 Å². The van der Waals surface area contributed by atoms with Gasteiger partial charge in [-0.05, 0) is 38.0 Å². The third-order valence-corrected chi connectivity index (χ3v) is 4.79. The van der Waals surface area contributed by atoms with Crippen LogP contribution in [0.15, 0.2) is 0 Å². The second-order valence-corrected chi connectivity index (χ2v) is 6.29. The van der Waals surface area contributed by atoms with Gasteiger partial charge >= 0.3 is 6.03 Å². The van der Waals surface area contributed by atoms with Gasteiger partial charge in [0.05, 0.1) is 0 Å². The molecule has 2 aliphatic heterocycles. The van der Waals surface area contributed by atoms with Crippen molar-refractivity contribution in [1.82, 2.24) is 16.0 Å². The highest BCUT2D eigenvalue weighted by Crippen LogP contribution is 2.24. The van der Waals surface area contributed by atoms with Crippen molar-refractivity contribution < 1.29 is 4.79 Å². The quantitative estimate of drug-likeness (QED) is 0.715. The minimum atomic E-state index is 0.00451. The molecule has 2 unspecified atom stereocenters. The Bertz CT molecular complexity index is 238. The molecule has 2 atom stereocenters. The Hall–Kier alpha value is -0.420. The van der Waals surface area contributed by atoms with Crippen molar-refractivity contribution in [3.05, 3.63) is 0 Å². The van der Waals surface area contributed by atoms with Crippen molar-refractivity contribution >= 4 is 17.8 Å². The van der Waals surface area contributed by atoms with Gasteiger partial charge in [-0.25, -0.2) is 4.79 Å². The van der Waals surface area contributed by atoms with Crippen LogP contribution in [0.3, 0.4) is 0 Å². The van der Waals surface area contributed by atoms with Crippen molar-refractivity contribution in [1.29, 1.82) is 0 Å². The molecule has 2 aliphatic rings. The smallest absolute Gasteiger partial charge is 0.315 e. The van der Waals surface area contributed by atoms with Gasteiger partial charge in [-0.3, -0.25) is 0 Å². The van der Waals surface area contributed by atoms with Crippen molar-refractivity contribution in [3.63, 3.8) is 0 Å². The summed E-state index contributed by atoms with van der Waals surface area (Å²) in [6.07, 6.45) is 6.15. The van der Waals surface area contributed by atoms with Crippen LogP contribution in [0.25, 0.3) is 0 Å². The number of amides is 2. The van der Waals surface area contributed by atoms with Gasteiger partial charge in [-0.15, -0.1) is 0 Å². The summed E-state index contributed by atoms with van der Waals surface area (Å²) >= 11 is 2.00. The number of nitrogens with one attached hydrogen (secondary N) is 3. The van der Waals surface area contributed by atoms with Gasteiger partial charge in [-0.2, -0.15) is 11.8 Å². The maximum atomic E-state index is 11.7. The Morgan fingerprint density at radius 1 is 1.29 bits per heavy atom. The van der Waals surface area contributed by atoms with Gasteiger partial charge in [-0.1, -0.05) is 6.42 Å². The lowest BCUT2D eigenvalue weighted by Gasteiger charge is -2.25. The molecular weight excluding hydrogens is 234 g/mol.